The van der Waals surface area contributed by atoms with Crippen LogP contribution in [0.3, 0.4) is 0 Å². The van der Waals surface area contributed by atoms with Crippen LogP contribution in [0.1, 0.15) is 25.0 Å². The molecule has 0 unspecified atom stereocenters. The van der Waals surface area contributed by atoms with Crippen LogP contribution in [-0.4, -0.2) is 0 Å². The van der Waals surface area contributed by atoms with E-state index in [9.17, 15) is 0 Å². The van der Waals surface area contributed by atoms with Crippen LogP contribution < -0.4 is 4.90 Å². The first-order valence-electron chi connectivity index (χ1n) is 15.9. The van der Waals surface area contributed by atoms with Gasteiger partial charge in [0, 0.05) is 62.4 Å². The molecule has 1 aliphatic carbocycles. The second-order valence-electron chi connectivity index (χ2n) is 12.9. The normalized spacial score (nSPS) is 13.6. The minimum atomic E-state index is -0.0847. The standard InChI is InChI=1S/C43H29NS2/c1-43(2)33-17-8-5-15-30(33)42-34(43)18-11-19-35(42)44(26-22-23-39-32(24-26)28-13-6-9-20-37(28)45-39)36-25-40-41(29-14-4-3-12-27(29)36)31-16-7-10-21-38(31)46-40/h3-25H,1-2H3. The number of benzene rings is 7. The highest BCUT2D eigenvalue weighted by Crippen LogP contribution is 2.55. The summed E-state index contributed by atoms with van der Waals surface area (Å²) in [7, 11) is 0. The van der Waals surface area contributed by atoms with Crippen LogP contribution in [0, 0.1) is 0 Å². The van der Waals surface area contributed by atoms with Gasteiger partial charge in [-0.2, -0.15) is 0 Å². The fraction of sp³-hybridized carbons (Fsp3) is 0.0698. The summed E-state index contributed by atoms with van der Waals surface area (Å²) in [6.45, 7) is 4.74. The van der Waals surface area contributed by atoms with Crippen molar-refractivity contribution in [3.63, 3.8) is 0 Å². The van der Waals surface area contributed by atoms with E-state index in [0.29, 0.717) is 0 Å². The van der Waals surface area contributed by atoms with Crippen LogP contribution in [0.2, 0.25) is 0 Å². The first-order chi connectivity index (χ1) is 22.6. The molecule has 3 heteroatoms. The van der Waals surface area contributed by atoms with E-state index < -0.39 is 0 Å². The molecule has 2 aromatic heterocycles. The van der Waals surface area contributed by atoms with Crippen molar-refractivity contribution in [2.24, 2.45) is 0 Å². The largest absolute Gasteiger partial charge is 0.309 e. The molecule has 0 saturated carbocycles. The molecule has 1 aliphatic rings. The molecule has 0 aliphatic heterocycles. The Morgan fingerprint density at radius 3 is 1.93 bits per heavy atom. The first-order valence-corrected chi connectivity index (χ1v) is 17.5. The van der Waals surface area contributed by atoms with Crippen molar-refractivity contribution in [2.75, 3.05) is 4.90 Å². The molecule has 10 rings (SSSR count). The summed E-state index contributed by atoms with van der Waals surface area (Å²) < 4.78 is 5.29. The minimum Gasteiger partial charge on any atom is -0.309 e. The van der Waals surface area contributed by atoms with Gasteiger partial charge in [-0.25, -0.2) is 0 Å². The van der Waals surface area contributed by atoms with Gasteiger partial charge in [0.25, 0.3) is 0 Å². The van der Waals surface area contributed by atoms with Crippen molar-refractivity contribution >= 4 is 90.9 Å². The predicted molar refractivity (Wildman–Crippen MR) is 202 cm³/mol. The van der Waals surface area contributed by atoms with E-state index in [1.807, 2.05) is 22.7 Å². The number of thiophene rings is 2. The average molecular weight is 624 g/mol. The Balaban J connectivity index is 1.35. The third-order valence-corrected chi connectivity index (χ3v) is 12.3. The summed E-state index contributed by atoms with van der Waals surface area (Å²) in [5.74, 6) is 0. The van der Waals surface area contributed by atoms with Crippen LogP contribution in [0.15, 0.2) is 140 Å². The van der Waals surface area contributed by atoms with E-state index in [1.54, 1.807) is 0 Å². The van der Waals surface area contributed by atoms with Crippen molar-refractivity contribution in [1.29, 1.82) is 0 Å². The molecule has 0 spiro atoms. The molecule has 2 heterocycles. The van der Waals surface area contributed by atoms with Crippen molar-refractivity contribution in [3.05, 3.63) is 151 Å². The van der Waals surface area contributed by atoms with Gasteiger partial charge in [-0.3, -0.25) is 0 Å². The molecule has 0 N–H and O–H groups in total. The summed E-state index contributed by atoms with van der Waals surface area (Å²) >= 11 is 3.77. The SMILES string of the molecule is CC1(C)c2ccccc2-c2c(N(c3ccc4sc5ccccc5c4c3)c3cc4sc5ccccc5c4c4ccccc34)cccc21. The van der Waals surface area contributed by atoms with Gasteiger partial charge in [0.15, 0.2) is 0 Å². The molecule has 0 saturated heterocycles. The average Bonchev–Trinajstić information content (AvgIpc) is 3.73. The van der Waals surface area contributed by atoms with Gasteiger partial charge in [0.1, 0.15) is 0 Å². The molecule has 0 atom stereocenters. The van der Waals surface area contributed by atoms with Crippen molar-refractivity contribution < 1.29 is 0 Å². The molecule has 46 heavy (non-hydrogen) atoms. The topological polar surface area (TPSA) is 3.24 Å². The molecular weight excluding hydrogens is 595 g/mol. The number of nitrogens with zero attached hydrogens (tertiary/aromatic N) is 1. The Kier molecular flexibility index (Phi) is 5.44. The molecule has 0 fully saturated rings. The number of hydrogen-bond acceptors (Lipinski definition) is 3. The number of fused-ring (bicyclic) bond motifs is 11. The Morgan fingerprint density at radius 2 is 1.09 bits per heavy atom. The molecule has 1 nitrogen and oxygen atoms in total. The van der Waals surface area contributed by atoms with Gasteiger partial charge >= 0.3 is 0 Å². The van der Waals surface area contributed by atoms with Gasteiger partial charge in [0.05, 0.1) is 11.4 Å². The minimum absolute atomic E-state index is 0.0847. The summed E-state index contributed by atoms with van der Waals surface area (Å²) in [6, 6.07) is 52.1. The Labute approximate surface area is 275 Å². The highest BCUT2D eigenvalue weighted by atomic mass is 32.1. The molecule has 218 valence electrons. The van der Waals surface area contributed by atoms with E-state index in [2.05, 4.69) is 158 Å². The van der Waals surface area contributed by atoms with E-state index in [0.717, 1.165) is 0 Å². The quantitative estimate of drug-likeness (QED) is 0.189. The van der Waals surface area contributed by atoms with Gasteiger partial charge in [-0.05, 0) is 64.5 Å². The molecule has 9 aromatic rings. The maximum atomic E-state index is 2.55. The van der Waals surface area contributed by atoms with Crippen LogP contribution in [0.5, 0.6) is 0 Å². The lowest BCUT2D eigenvalue weighted by atomic mass is 9.82. The van der Waals surface area contributed by atoms with Gasteiger partial charge in [-0.15, -0.1) is 22.7 Å². The molecule has 0 amide bonds. The van der Waals surface area contributed by atoms with Crippen LogP contribution in [0.4, 0.5) is 17.1 Å². The maximum Gasteiger partial charge on any atom is 0.0554 e. The number of anilines is 3. The third kappa shape index (κ3) is 3.56. The van der Waals surface area contributed by atoms with Crippen LogP contribution in [-0.2, 0) is 5.41 Å². The van der Waals surface area contributed by atoms with E-state index >= 15 is 0 Å². The number of rotatable bonds is 3. The van der Waals surface area contributed by atoms with E-state index in [4.69, 9.17) is 0 Å². The third-order valence-electron chi connectivity index (χ3n) is 10.0. The Morgan fingerprint density at radius 1 is 0.457 bits per heavy atom. The Bertz CT molecular complexity index is 2690. The number of hydrogen-bond donors (Lipinski definition) is 0. The molecule has 0 bridgehead atoms. The fourth-order valence-electron chi connectivity index (χ4n) is 7.94. The van der Waals surface area contributed by atoms with Gasteiger partial charge in [-0.1, -0.05) is 111 Å². The Hall–Kier alpha value is -4.96. The second-order valence-corrected chi connectivity index (χ2v) is 15.1. The summed E-state index contributed by atoms with van der Waals surface area (Å²) in [6.07, 6.45) is 0. The highest BCUT2D eigenvalue weighted by molar-refractivity contribution is 7.26. The maximum absolute atomic E-state index is 2.55. The predicted octanol–water partition coefficient (Wildman–Crippen LogP) is 13.4. The molecular formula is C43H29NS2. The zero-order valence-corrected chi connectivity index (χ0v) is 27.2. The summed E-state index contributed by atoms with van der Waals surface area (Å²) in [5, 5.41) is 7.87. The lowest BCUT2D eigenvalue weighted by molar-refractivity contribution is 0.660. The zero-order chi connectivity index (χ0) is 30.6. The first kappa shape index (κ1) is 26.3. The van der Waals surface area contributed by atoms with Gasteiger partial charge < -0.3 is 4.90 Å². The van der Waals surface area contributed by atoms with Crippen molar-refractivity contribution in [1.82, 2.24) is 0 Å². The summed E-state index contributed by atoms with van der Waals surface area (Å²) in [4.78, 5) is 2.55. The smallest absolute Gasteiger partial charge is 0.0554 e. The van der Waals surface area contributed by atoms with Crippen LogP contribution >= 0.6 is 22.7 Å². The molecule has 7 aromatic carbocycles. The lowest BCUT2D eigenvalue weighted by Crippen LogP contribution is -2.16. The second kappa shape index (κ2) is 9.53. The van der Waals surface area contributed by atoms with E-state index in [-0.39, 0.29) is 5.41 Å². The molecule has 0 radical (unpaired) electrons. The monoisotopic (exact) mass is 623 g/mol. The van der Waals surface area contributed by atoms with Gasteiger partial charge in [0.2, 0.25) is 0 Å². The lowest BCUT2D eigenvalue weighted by Gasteiger charge is -2.30. The zero-order valence-electron chi connectivity index (χ0n) is 25.5. The van der Waals surface area contributed by atoms with Crippen molar-refractivity contribution in [2.45, 2.75) is 19.3 Å². The summed E-state index contributed by atoms with van der Waals surface area (Å²) in [5.41, 5.74) is 8.96. The van der Waals surface area contributed by atoms with Crippen LogP contribution in [0.25, 0.3) is 62.2 Å². The van der Waals surface area contributed by atoms with E-state index in [1.165, 1.54) is 90.4 Å². The van der Waals surface area contributed by atoms with Crippen molar-refractivity contribution in [3.8, 4) is 11.1 Å². The fourth-order valence-corrected chi connectivity index (χ4v) is 10.2. The highest BCUT2D eigenvalue weighted by Gasteiger charge is 2.38.